The van der Waals surface area contributed by atoms with Gasteiger partial charge in [0.2, 0.25) is 0 Å². The normalized spacial score (nSPS) is 11.6. The largest absolute Gasteiger partial charge is 0.416 e. The summed E-state index contributed by atoms with van der Waals surface area (Å²) in [5.74, 6) is 0.155. The van der Waals surface area contributed by atoms with E-state index in [-0.39, 0.29) is 11.9 Å². The summed E-state index contributed by atoms with van der Waals surface area (Å²) >= 11 is 0. The molecule has 3 rings (SSSR count). The minimum Gasteiger partial charge on any atom is -0.401 e. The van der Waals surface area contributed by atoms with Crippen molar-refractivity contribution in [2.45, 2.75) is 6.18 Å². The smallest absolute Gasteiger partial charge is 0.401 e. The number of halogens is 3. The van der Waals surface area contributed by atoms with Crippen LogP contribution >= 0.6 is 0 Å². The maximum Gasteiger partial charge on any atom is 0.416 e. The Labute approximate surface area is 121 Å². The fourth-order valence-corrected chi connectivity index (χ4v) is 1.69. The Morgan fingerprint density at radius 2 is 1.82 bits per heavy atom. The number of anilines is 2. The van der Waals surface area contributed by atoms with E-state index in [0.29, 0.717) is 11.4 Å². The van der Waals surface area contributed by atoms with Crippen LogP contribution in [0, 0.1) is 0 Å². The van der Waals surface area contributed by atoms with Crippen LogP contribution in [0.1, 0.15) is 5.56 Å². The molecular weight excluding hydrogens is 301 g/mol. The Morgan fingerprint density at radius 1 is 1.09 bits per heavy atom. The minimum absolute atomic E-state index is 0.0420. The van der Waals surface area contributed by atoms with E-state index < -0.39 is 11.7 Å². The number of benzene rings is 1. The van der Waals surface area contributed by atoms with Crippen LogP contribution in [0.4, 0.5) is 24.9 Å². The van der Waals surface area contributed by atoms with Gasteiger partial charge < -0.3 is 9.73 Å². The monoisotopic (exact) mass is 310 g/mol. The molecule has 0 amide bonds. The molecule has 0 bridgehead atoms. The van der Waals surface area contributed by atoms with Crippen molar-refractivity contribution in [3.05, 3.63) is 36.0 Å². The predicted octanol–water partition coefficient (Wildman–Crippen LogP) is 2.63. The van der Waals surface area contributed by atoms with Crippen LogP contribution < -0.4 is 5.32 Å². The zero-order chi connectivity index (χ0) is 15.7. The van der Waals surface area contributed by atoms with E-state index >= 15 is 0 Å². The summed E-state index contributed by atoms with van der Waals surface area (Å²) in [6, 6.07) is 4.51. The quantitative estimate of drug-likeness (QED) is 0.801. The first-order chi connectivity index (χ1) is 10.4. The summed E-state index contributed by atoms with van der Waals surface area (Å²) in [6.45, 7) is 0. The fraction of sp³-hybridized carbons (Fsp3) is 0.167. The van der Waals surface area contributed by atoms with Gasteiger partial charge >= 0.3 is 12.2 Å². The van der Waals surface area contributed by atoms with Gasteiger partial charge in [-0.2, -0.15) is 13.2 Å². The highest BCUT2D eigenvalue weighted by Crippen LogP contribution is 2.30. The van der Waals surface area contributed by atoms with Gasteiger partial charge in [-0.15, -0.1) is 10.2 Å². The highest BCUT2D eigenvalue weighted by Gasteiger charge is 2.29. The van der Waals surface area contributed by atoms with E-state index in [1.807, 2.05) is 0 Å². The first kappa shape index (κ1) is 14.0. The first-order valence-electron chi connectivity index (χ1n) is 6.06. The van der Waals surface area contributed by atoms with E-state index in [4.69, 9.17) is 4.42 Å². The maximum atomic E-state index is 12.5. The van der Waals surface area contributed by atoms with Crippen LogP contribution in [0.2, 0.25) is 0 Å². The van der Waals surface area contributed by atoms with Gasteiger partial charge in [0.25, 0.3) is 5.89 Å². The number of alkyl halides is 3. The number of aromatic nitrogens is 5. The Kier molecular flexibility index (Phi) is 3.28. The summed E-state index contributed by atoms with van der Waals surface area (Å²) in [5, 5.41) is 17.8. The van der Waals surface area contributed by atoms with Crippen molar-refractivity contribution in [2.24, 2.45) is 7.05 Å². The highest BCUT2D eigenvalue weighted by atomic mass is 19.4. The van der Waals surface area contributed by atoms with Crippen molar-refractivity contribution in [2.75, 3.05) is 5.32 Å². The zero-order valence-corrected chi connectivity index (χ0v) is 11.2. The second-order valence-corrected chi connectivity index (χ2v) is 4.39. The number of hydrogen-bond acceptors (Lipinski definition) is 6. The molecule has 7 nitrogen and oxygen atoms in total. The molecule has 22 heavy (non-hydrogen) atoms. The second-order valence-electron chi connectivity index (χ2n) is 4.39. The molecule has 0 unspecified atom stereocenters. The minimum atomic E-state index is -4.37. The van der Waals surface area contributed by atoms with Gasteiger partial charge in [-0.1, -0.05) is 10.3 Å². The van der Waals surface area contributed by atoms with Crippen molar-refractivity contribution in [3.63, 3.8) is 0 Å². The fourth-order valence-electron chi connectivity index (χ4n) is 1.69. The highest BCUT2D eigenvalue weighted by molar-refractivity contribution is 5.54. The first-order valence-corrected chi connectivity index (χ1v) is 6.06. The molecule has 0 aliphatic heterocycles. The summed E-state index contributed by atoms with van der Waals surface area (Å²) in [7, 11) is 1.69. The van der Waals surface area contributed by atoms with Crippen molar-refractivity contribution < 1.29 is 17.6 Å². The number of nitrogens with zero attached hydrogens (tertiary/aromatic N) is 5. The van der Waals surface area contributed by atoms with Gasteiger partial charge in [0.1, 0.15) is 0 Å². The van der Waals surface area contributed by atoms with Gasteiger partial charge in [-0.25, -0.2) is 0 Å². The molecule has 3 aromatic rings. The van der Waals surface area contributed by atoms with Crippen molar-refractivity contribution in [3.8, 4) is 11.6 Å². The van der Waals surface area contributed by atoms with Gasteiger partial charge in [0, 0.05) is 12.7 Å². The molecule has 1 N–H and O–H groups in total. The third-order valence-electron chi connectivity index (χ3n) is 2.71. The van der Waals surface area contributed by atoms with Gasteiger partial charge in [-0.3, -0.25) is 4.68 Å². The lowest BCUT2D eigenvalue weighted by molar-refractivity contribution is -0.137. The predicted molar refractivity (Wildman–Crippen MR) is 69.0 cm³/mol. The van der Waals surface area contributed by atoms with Crippen LogP contribution in [-0.2, 0) is 13.2 Å². The molecule has 0 saturated heterocycles. The van der Waals surface area contributed by atoms with Gasteiger partial charge in [0.15, 0.2) is 5.69 Å². The van der Waals surface area contributed by atoms with E-state index in [0.717, 1.165) is 12.1 Å². The molecule has 0 radical (unpaired) electrons. The summed E-state index contributed by atoms with van der Waals surface area (Å²) in [6.07, 6.45) is -2.78. The third kappa shape index (κ3) is 2.90. The summed E-state index contributed by atoms with van der Waals surface area (Å²) < 4.78 is 44.2. The lowest BCUT2D eigenvalue weighted by Crippen LogP contribution is -2.04. The van der Waals surface area contributed by atoms with Gasteiger partial charge in [0.05, 0.1) is 11.8 Å². The maximum absolute atomic E-state index is 12.5. The van der Waals surface area contributed by atoms with Crippen molar-refractivity contribution in [1.29, 1.82) is 0 Å². The molecule has 0 fully saturated rings. The molecule has 0 spiro atoms. The van der Waals surface area contributed by atoms with E-state index in [2.05, 4.69) is 25.8 Å². The Bertz CT molecular complexity index is 777. The molecule has 0 saturated carbocycles. The van der Waals surface area contributed by atoms with Crippen LogP contribution in [0.15, 0.2) is 34.9 Å². The van der Waals surface area contributed by atoms with Crippen molar-refractivity contribution >= 4 is 11.7 Å². The molecule has 114 valence electrons. The zero-order valence-electron chi connectivity index (χ0n) is 11.2. The number of rotatable bonds is 3. The topological polar surface area (TPSA) is 81.7 Å². The Balaban J connectivity index is 1.75. The van der Waals surface area contributed by atoms with Crippen LogP contribution in [-0.4, -0.2) is 25.2 Å². The average molecular weight is 310 g/mol. The molecule has 10 heteroatoms. The van der Waals surface area contributed by atoms with Crippen LogP contribution in [0.3, 0.4) is 0 Å². The van der Waals surface area contributed by atoms with Crippen molar-refractivity contribution in [1.82, 2.24) is 25.2 Å². The summed E-state index contributed by atoms with van der Waals surface area (Å²) in [4.78, 5) is 0. The van der Waals surface area contributed by atoms with E-state index in [9.17, 15) is 13.2 Å². The molecule has 2 heterocycles. The van der Waals surface area contributed by atoms with E-state index in [1.54, 1.807) is 13.2 Å². The molecular formula is C12H9F3N6O. The van der Waals surface area contributed by atoms with E-state index in [1.165, 1.54) is 16.8 Å². The number of hydrogen-bond donors (Lipinski definition) is 1. The standard InChI is InChI=1S/C12H9F3N6O/c1-21-6-9(17-20-21)10-18-19-11(22-10)16-8-4-2-7(3-5-8)12(13,14)15/h2-6H,1H3,(H,16,19). The third-order valence-corrected chi connectivity index (χ3v) is 2.71. The molecule has 1 aromatic carbocycles. The lowest BCUT2D eigenvalue weighted by Gasteiger charge is -2.07. The molecule has 0 aliphatic rings. The van der Waals surface area contributed by atoms with Crippen LogP contribution in [0.5, 0.6) is 0 Å². The Hall–Kier alpha value is -2.91. The van der Waals surface area contributed by atoms with Crippen LogP contribution in [0.25, 0.3) is 11.6 Å². The number of nitrogens with one attached hydrogen (secondary N) is 1. The number of aryl methyl sites for hydroxylation is 1. The SMILES string of the molecule is Cn1cc(-c2nnc(Nc3ccc(C(F)(F)F)cc3)o2)nn1. The summed E-state index contributed by atoms with van der Waals surface area (Å²) in [5.41, 5.74) is 0.0571. The Morgan fingerprint density at radius 3 is 2.41 bits per heavy atom. The average Bonchev–Trinajstić information content (AvgIpc) is 3.07. The molecule has 0 atom stereocenters. The molecule has 0 aliphatic carbocycles. The lowest BCUT2D eigenvalue weighted by atomic mass is 10.2. The van der Waals surface area contributed by atoms with Gasteiger partial charge in [-0.05, 0) is 24.3 Å². The second kappa shape index (κ2) is 5.13. The molecule has 2 aromatic heterocycles.